The van der Waals surface area contributed by atoms with Crippen LogP contribution in [0.25, 0.3) is 10.8 Å². The predicted molar refractivity (Wildman–Crippen MR) is 67.8 cm³/mol. The second-order valence-electron chi connectivity index (χ2n) is 3.88. The Morgan fingerprint density at radius 1 is 0.529 bits per heavy atom. The lowest BCUT2D eigenvalue weighted by atomic mass is 10.1. The number of halogens is 1. The molecule has 3 aromatic rings. The molecule has 0 atom stereocenters. The van der Waals surface area contributed by atoms with E-state index in [2.05, 4.69) is 72.8 Å². The van der Waals surface area contributed by atoms with Crippen LogP contribution in [0.4, 0.5) is 0 Å². The van der Waals surface area contributed by atoms with Gasteiger partial charge in [0.15, 0.2) is 7.14 Å². The molecular weight excluding hydrogens is 319 g/mol. The molecule has 82 valence electrons. The van der Waals surface area contributed by atoms with Crippen LogP contribution in [-0.4, -0.2) is 0 Å². The summed E-state index contributed by atoms with van der Waals surface area (Å²) in [5, 5.41) is 2.67. The van der Waals surface area contributed by atoms with Crippen LogP contribution in [-0.2, 0) is 0 Å². The Morgan fingerprint density at radius 3 is 2.06 bits per heavy atom. The average Bonchev–Trinajstić information content (AvgIpc) is 2.40. The smallest absolute Gasteiger partial charge is 0.0619 e. The first-order valence-corrected chi connectivity index (χ1v) is 7.76. The first-order valence-electron chi connectivity index (χ1n) is 5.60. The van der Waals surface area contributed by atoms with Gasteiger partial charge in [0, 0.05) is 0 Å². The third-order valence-electron chi connectivity index (χ3n) is 2.66. The van der Waals surface area contributed by atoms with Crippen molar-refractivity contribution in [3.05, 3.63) is 79.9 Å². The fraction of sp³-hybridized carbons (Fsp3) is 0. The fourth-order valence-corrected chi connectivity index (χ4v) is 4.17. The zero-order valence-corrected chi connectivity index (χ0v) is 11.5. The molecule has 0 aliphatic heterocycles. The molecule has 0 nitrogen and oxygen atoms in total. The minimum atomic E-state index is -0.0462. The highest BCUT2D eigenvalue weighted by atomic mass is 127. The molecule has 0 fully saturated rings. The lowest BCUT2D eigenvalue weighted by Crippen LogP contribution is -3.61. The van der Waals surface area contributed by atoms with Crippen LogP contribution in [0.3, 0.4) is 0 Å². The Morgan fingerprint density at radius 2 is 1.24 bits per heavy atom. The zero-order chi connectivity index (χ0) is 11.5. The van der Waals surface area contributed by atoms with Gasteiger partial charge in [0.2, 0.25) is 0 Å². The van der Waals surface area contributed by atoms with Crippen LogP contribution in [0.15, 0.2) is 72.8 Å². The molecule has 0 amide bonds. The van der Waals surface area contributed by atoms with Crippen LogP contribution in [0.2, 0.25) is 0 Å². The van der Waals surface area contributed by atoms with E-state index < -0.39 is 0 Å². The third-order valence-corrected chi connectivity index (χ3v) is 5.30. The molecule has 3 aromatic carbocycles. The van der Waals surface area contributed by atoms with E-state index in [1.807, 2.05) is 0 Å². The van der Waals surface area contributed by atoms with Crippen LogP contribution >= 0.6 is 0 Å². The molecule has 0 saturated carbocycles. The number of hydrogen-bond donors (Lipinski definition) is 0. The van der Waals surface area contributed by atoms with E-state index in [1.54, 1.807) is 0 Å². The third kappa shape index (κ3) is 2.50. The van der Waals surface area contributed by atoms with Crippen molar-refractivity contribution in [3.63, 3.8) is 0 Å². The van der Waals surface area contributed by atoms with Crippen molar-refractivity contribution in [2.75, 3.05) is 0 Å². The summed E-state index contributed by atoms with van der Waals surface area (Å²) in [5.74, 6) is 0. The Labute approximate surface area is 112 Å². The van der Waals surface area contributed by atoms with Gasteiger partial charge in [-0.25, -0.2) is 0 Å². The average molecular weight is 331 g/mol. The summed E-state index contributed by atoms with van der Waals surface area (Å²) in [5.41, 5.74) is 0. The number of fused-ring (bicyclic) bond motifs is 1. The molecule has 1 heteroatoms. The summed E-state index contributed by atoms with van der Waals surface area (Å²) < 4.78 is 2.95. The van der Waals surface area contributed by atoms with E-state index in [0.29, 0.717) is 0 Å². The van der Waals surface area contributed by atoms with Gasteiger partial charge in [0.25, 0.3) is 0 Å². The molecule has 0 N–H and O–H groups in total. The van der Waals surface area contributed by atoms with Crippen molar-refractivity contribution in [3.8, 4) is 0 Å². The van der Waals surface area contributed by atoms with Gasteiger partial charge in [-0.05, 0) is 41.1 Å². The Kier molecular flexibility index (Phi) is 3.10. The molecule has 0 unspecified atom stereocenters. The van der Waals surface area contributed by atoms with Crippen molar-refractivity contribution in [2.24, 2.45) is 0 Å². The van der Waals surface area contributed by atoms with Crippen molar-refractivity contribution in [1.82, 2.24) is 0 Å². The van der Waals surface area contributed by atoms with Crippen LogP contribution in [0, 0.1) is 7.14 Å². The van der Waals surface area contributed by atoms with Gasteiger partial charge in [-0.15, -0.1) is 0 Å². The van der Waals surface area contributed by atoms with E-state index in [1.165, 1.54) is 17.9 Å². The van der Waals surface area contributed by atoms with Gasteiger partial charge >= 0.3 is 21.2 Å². The van der Waals surface area contributed by atoms with E-state index in [-0.39, 0.29) is 21.2 Å². The summed E-state index contributed by atoms with van der Waals surface area (Å²) in [6, 6.07) is 26.1. The minimum absolute atomic E-state index is 0.0462. The molecule has 0 bridgehead atoms. The van der Waals surface area contributed by atoms with E-state index in [0.717, 1.165) is 0 Å². The molecule has 3 rings (SSSR count). The van der Waals surface area contributed by atoms with E-state index >= 15 is 0 Å². The van der Waals surface area contributed by atoms with Crippen molar-refractivity contribution in [1.29, 1.82) is 0 Å². The summed E-state index contributed by atoms with van der Waals surface area (Å²) in [7, 11) is 0. The monoisotopic (exact) mass is 331 g/mol. The summed E-state index contributed by atoms with van der Waals surface area (Å²) in [6.45, 7) is 0. The topological polar surface area (TPSA) is 0 Å². The summed E-state index contributed by atoms with van der Waals surface area (Å²) in [4.78, 5) is 0. The summed E-state index contributed by atoms with van der Waals surface area (Å²) in [6.07, 6.45) is 0. The number of hydrogen-bond acceptors (Lipinski definition) is 0. The number of benzene rings is 3. The first-order chi connectivity index (χ1) is 8.42. The highest BCUT2D eigenvalue weighted by Gasteiger charge is 2.14. The Bertz CT molecular complexity index is 629. The lowest BCUT2D eigenvalue weighted by Gasteiger charge is -1.94. The van der Waals surface area contributed by atoms with Gasteiger partial charge < -0.3 is 0 Å². The quantitative estimate of drug-likeness (QED) is 0.614. The number of rotatable bonds is 2. The largest absolute Gasteiger partial charge is 0.357 e. The van der Waals surface area contributed by atoms with Crippen LogP contribution < -0.4 is 21.2 Å². The Balaban J connectivity index is 1.96. The molecular formula is C16H12I+. The van der Waals surface area contributed by atoms with E-state index in [4.69, 9.17) is 0 Å². The SMILES string of the molecule is c1ccc([I+]c2ccc3ccccc3c2)cc1. The van der Waals surface area contributed by atoms with Crippen LogP contribution in [0.1, 0.15) is 0 Å². The normalized spacial score (nSPS) is 10.6. The van der Waals surface area contributed by atoms with Crippen molar-refractivity contribution in [2.45, 2.75) is 0 Å². The highest BCUT2D eigenvalue weighted by molar-refractivity contribution is 5.81. The van der Waals surface area contributed by atoms with Gasteiger partial charge in [-0.2, -0.15) is 0 Å². The van der Waals surface area contributed by atoms with Crippen molar-refractivity contribution < 1.29 is 21.2 Å². The second kappa shape index (κ2) is 4.88. The van der Waals surface area contributed by atoms with Gasteiger partial charge in [0.05, 0.1) is 0 Å². The maximum Gasteiger partial charge on any atom is 0.357 e. The fourth-order valence-electron chi connectivity index (χ4n) is 1.82. The van der Waals surface area contributed by atoms with E-state index in [9.17, 15) is 0 Å². The van der Waals surface area contributed by atoms with Gasteiger partial charge in [0.1, 0.15) is 0 Å². The van der Waals surface area contributed by atoms with Gasteiger partial charge in [-0.1, -0.05) is 42.5 Å². The molecule has 0 heterocycles. The first kappa shape index (κ1) is 10.8. The van der Waals surface area contributed by atoms with Crippen LogP contribution in [0.5, 0.6) is 0 Å². The maximum absolute atomic E-state index is 2.33. The molecule has 0 saturated heterocycles. The molecule has 17 heavy (non-hydrogen) atoms. The standard InChI is InChI=1S/C16H12I/c1-2-8-15(9-3-1)17-16-11-10-13-6-4-5-7-14(13)12-16/h1-12H/q+1. The molecule has 0 aliphatic rings. The second-order valence-corrected chi connectivity index (χ2v) is 6.91. The molecule has 0 radical (unpaired) electrons. The predicted octanol–water partition coefficient (Wildman–Crippen LogP) is 0.968. The zero-order valence-electron chi connectivity index (χ0n) is 9.31. The van der Waals surface area contributed by atoms with Gasteiger partial charge in [-0.3, -0.25) is 0 Å². The Hall–Kier alpha value is -1.35. The lowest BCUT2D eigenvalue weighted by molar-refractivity contribution is -0.597. The minimum Gasteiger partial charge on any atom is -0.0619 e. The van der Waals surface area contributed by atoms with Crippen molar-refractivity contribution >= 4 is 10.8 Å². The molecule has 0 aromatic heterocycles. The summed E-state index contributed by atoms with van der Waals surface area (Å²) >= 11 is -0.0462. The maximum atomic E-state index is 2.33. The molecule has 0 spiro atoms. The molecule has 0 aliphatic carbocycles. The highest BCUT2D eigenvalue weighted by Crippen LogP contribution is 2.11.